The van der Waals surface area contributed by atoms with Gasteiger partial charge in [0.2, 0.25) is 11.8 Å². The van der Waals surface area contributed by atoms with Crippen LogP contribution in [0.4, 0.5) is 0 Å². The Morgan fingerprint density at radius 2 is 2.16 bits per heavy atom. The van der Waals surface area contributed by atoms with E-state index in [1.54, 1.807) is 12.4 Å². The molecular weight excluding hydrogens is 318 g/mol. The molecule has 1 atom stereocenters. The number of piperidine rings is 1. The number of hydrogen-bond donors (Lipinski definition) is 0. The molecule has 0 spiro atoms. The topological polar surface area (TPSA) is 64.5 Å². The van der Waals surface area contributed by atoms with Crippen LogP contribution >= 0.6 is 0 Å². The molecule has 6 heteroatoms. The Balaban J connectivity index is 1.72. The second-order valence-corrected chi connectivity index (χ2v) is 6.26. The summed E-state index contributed by atoms with van der Waals surface area (Å²) in [4.78, 5) is 22.8. The van der Waals surface area contributed by atoms with Crippen LogP contribution in [0.25, 0.3) is 0 Å². The first kappa shape index (κ1) is 17.4. The van der Waals surface area contributed by atoms with Crippen molar-refractivity contribution in [1.29, 1.82) is 0 Å². The zero-order chi connectivity index (χ0) is 17.6. The molecule has 132 valence electrons. The number of aryl methyl sites for hydroxylation is 1. The third-order valence-electron chi connectivity index (χ3n) is 4.40. The largest absolute Gasteiger partial charge is 0.437 e. The molecule has 6 nitrogen and oxygen atoms in total. The number of para-hydroxylation sites is 1. The van der Waals surface area contributed by atoms with Gasteiger partial charge in [-0.2, -0.15) is 0 Å². The van der Waals surface area contributed by atoms with Crippen LogP contribution in [0.1, 0.15) is 30.0 Å². The highest BCUT2D eigenvalue weighted by atomic mass is 16.5. The maximum absolute atomic E-state index is 12.1. The SMILES string of the molecule is COCC(=O)N1CCC[C@@H](c2cncc(Oc3ccccc3C)n2)C1. The van der Waals surface area contributed by atoms with Crippen molar-refractivity contribution in [2.75, 3.05) is 26.8 Å². The number of hydrogen-bond acceptors (Lipinski definition) is 5. The van der Waals surface area contributed by atoms with Crippen LogP contribution in [0.3, 0.4) is 0 Å². The van der Waals surface area contributed by atoms with E-state index in [0.29, 0.717) is 12.4 Å². The lowest BCUT2D eigenvalue weighted by molar-refractivity contribution is -0.136. The minimum atomic E-state index is 0.0208. The van der Waals surface area contributed by atoms with Gasteiger partial charge in [0.05, 0.1) is 11.9 Å². The Kier molecular flexibility index (Phi) is 5.60. The third kappa shape index (κ3) is 4.33. The average molecular weight is 341 g/mol. The molecular formula is C19H23N3O3. The van der Waals surface area contributed by atoms with E-state index in [1.165, 1.54) is 7.11 Å². The highest BCUT2D eigenvalue weighted by molar-refractivity contribution is 5.77. The van der Waals surface area contributed by atoms with Gasteiger partial charge in [0.1, 0.15) is 12.4 Å². The fourth-order valence-electron chi connectivity index (χ4n) is 3.05. The number of carbonyl (C=O) groups excluding carboxylic acids is 1. The first-order valence-corrected chi connectivity index (χ1v) is 8.49. The monoisotopic (exact) mass is 341 g/mol. The summed E-state index contributed by atoms with van der Waals surface area (Å²) in [6.07, 6.45) is 5.32. The zero-order valence-electron chi connectivity index (χ0n) is 14.6. The summed E-state index contributed by atoms with van der Waals surface area (Å²) in [5.74, 6) is 1.44. The maximum atomic E-state index is 12.1. The van der Waals surface area contributed by atoms with Crippen LogP contribution in [0.2, 0.25) is 0 Å². The fraction of sp³-hybridized carbons (Fsp3) is 0.421. The van der Waals surface area contributed by atoms with E-state index in [-0.39, 0.29) is 18.4 Å². The number of amides is 1. The quantitative estimate of drug-likeness (QED) is 0.837. The Bertz CT molecular complexity index is 735. The highest BCUT2D eigenvalue weighted by Crippen LogP contribution is 2.28. The van der Waals surface area contributed by atoms with Gasteiger partial charge >= 0.3 is 0 Å². The van der Waals surface area contributed by atoms with Crippen LogP contribution in [-0.2, 0) is 9.53 Å². The number of ether oxygens (including phenoxy) is 2. The second-order valence-electron chi connectivity index (χ2n) is 6.26. The van der Waals surface area contributed by atoms with Crippen molar-refractivity contribution in [3.8, 4) is 11.6 Å². The van der Waals surface area contributed by atoms with Gasteiger partial charge in [-0.3, -0.25) is 9.78 Å². The molecule has 0 aliphatic carbocycles. The predicted octanol–water partition coefficient (Wildman–Crippen LogP) is 2.93. The molecule has 2 heterocycles. The number of nitrogens with zero attached hydrogens (tertiary/aromatic N) is 3. The lowest BCUT2D eigenvalue weighted by Gasteiger charge is -2.32. The van der Waals surface area contributed by atoms with Crippen LogP contribution in [0.15, 0.2) is 36.7 Å². The Labute approximate surface area is 147 Å². The molecule has 1 aliphatic heterocycles. The molecule has 3 rings (SSSR count). The van der Waals surface area contributed by atoms with E-state index >= 15 is 0 Å². The molecule has 1 saturated heterocycles. The predicted molar refractivity (Wildman–Crippen MR) is 93.7 cm³/mol. The first-order chi connectivity index (χ1) is 12.2. The van der Waals surface area contributed by atoms with E-state index in [1.807, 2.05) is 36.1 Å². The lowest BCUT2D eigenvalue weighted by atomic mass is 9.95. The standard InChI is InChI=1S/C19H23N3O3/c1-14-6-3-4-8-17(14)25-18-11-20-10-16(21-18)15-7-5-9-22(12-15)19(23)13-24-2/h3-4,6,8,10-11,15H,5,7,9,12-13H2,1-2H3/t15-/m1/s1. The first-order valence-electron chi connectivity index (χ1n) is 8.49. The number of benzene rings is 1. The summed E-state index contributed by atoms with van der Waals surface area (Å²) in [5, 5.41) is 0. The lowest BCUT2D eigenvalue weighted by Crippen LogP contribution is -2.41. The van der Waals surface area contributed by atoms with E-state index in [4.69, 9.17) is 9.47 Å². The van der Waals surface area contributed by atoms with E-state index in [9.17, 15) is 4.79 Å². The van der Waals surface area contributed by atoms with Crippen LogP contribution < -0.4 is 4.74 Å². The summed E-state index contributed by atoms with van der Waals surface area (Å²) in [6.45, 7) is 3.53. The Morgan fingerprint density at radius 3 is 2.96 bits per heavy atom. The Hall–Kier alpha value is -2.47. The van der Waals surface area contributed by atoms with Crippen LogP contribution in [-0.4, -0.2) is 47.6 Å². The number of carbonyl (C=O) groups is 1. The fourth-order valence-corrected chi connectivity index (χ4v) is 3.05. The number of likely N-dealkylation sites (tertiary alicyclic amines) is 1. The second kappa shape index (κ2) is 8.07. The Morgan fingerprint density at radius 1 is 1.32 bits per heavy atom. The van der Waals surface area contributed by atoms with Crippen LogP contribution in [0, 0.1) is 6.92 Å². The van der Waals surface area contributed by atoms with Gasteiger partial charge in [-0.05, 0) is 31.4 Å². The zero-order valence-corrected chi connectivity index (χ0v) is 14.6. The van der Waals surface area contributed by atoms with E-state index in [2.05, 4.69) is 9.97 Å². The molecule has 0 bridgehead atoms. The summed E-state index contributed by atoms with van der Waals surface area (Å²) in [7, 11) is 1.54. The molecule has 25 heavy (non-hydrogen) atoms. The van der Waals surface area contributed by atoms with Crippen molar-refractivity contribution in [3.05, 3.63) is 47.9 Å². The van der Waals surface area contributed by atoms with E-state index < -0.39 is 0 Å². The van der Waals surface area contributed by atoms with Crippen molar-refractivity contribution in [2.45, 2.75) is 25.7 Å². The van der Waals surface area contributed by atoms with Crippen molar-refractivity contribution >= 4 is 5.91 Å². The van der Waals surface area contributed by atoms with Crippen LogP contribution in [0.5, 0.6) is 11.6 Å². The summed E-state index contributed by atoms with van der Waals surface area (Å²) in [6, 6.07) is 7.81. The molecule has 1 aromatic carbocycles. The maximum Gasteiger partial charge on any atom is 0.248 e. The molecule has 1 amide bonds. The molecule has 1 fully saturated rings. The minimum absolute atomic E-state index is 0.0208. The van der Waals surface area contributed by atoms with Crippen molar-refractivity contribution in [2.24, 2.45) is 0 Å². The van der Waals surface area contributed by atoms with Gasteiger partial charge < -0.3 is 14.4 Å². The minimum Gasteiger partial charge on any atom is -0.437 e. The summed E-state index contributed by atoms with van der Waals surface area (Å²) in [5.41, 5.74) is 1.91. The van der Waals surface area contributed by atoms with Gasteiger partial charge in [-0.1, -0.05) is 18.2 Å². The highest BCUT2D eigenvalue weighted by Gasteiger charge is 2.26. The van der Waals surface area contributed by atoms with Gasteiger partial charge in [0.15, 0.2) is 0 Å². The summed E-state index contributed by atoms with van der Waals surface area (Å²) < 4.78 is 10.8. The molecule has 0 N–H and O–H groups in total. The molecule has 0 radical (unpaired) electrons. The van der Waals surface area contributed by atoms with Crippen molar-refractivity contribution in [3.63, 3.8) is 0 Å². The summed E-state index contributed by atoms with van der Waals surface area (Å²) >= 11 is 0. The smallest absolute Gasteiger partial charge is 0.248 e. The third-order valence-corrected chi connectivity index (χ3v) is 4.40. The van der Waals surface area contributed by atoms with Gasteiger partial charge in [0, 0.05) is 32.3 Å². The molecule has 2 aromatic rings. The van der Waals surface area contributed by atoms with Crippen molar-refractivity contribution < 1.29 is 14.3 Å². The van der Waals surface area contributed by atoms with Gasteiger partial charge in [-0.25, -0.2) is 4.98 Å². The van der Waals surface area contributed by atoms with Gasteiger partial charge in [-0.15, -0.1) is 0 Å². The van der Waals surface area contributed by atoms with Crippen molar-refractivity contribution in [1.82, 2.24) is 14.9 Å². The number of methoxy groups -OCH3 is 1. The molecule has 0 unspecified atom stereocenters. The molecule has 1 aliphatic rings. The van der Waals surface area contributed by atoms with Gasteiger partial charge in [0.25, 0.3) is 0 Å². The van der Waals surface area contributed by atoms with E-state index in [0.717, 1.165) is 36.4 Å². The number of aromatic nitrogens is 2. The average Bonchev–Trinajstić information content (AvgIpc) is 2.64. The number of rotatable bonds is 5. The normalized spacial score (nSPS) is 17.4. The molecule has 0 saturated carbocycles. The molecule has 1 aromatic heterocycles.